The van der Waals surface area contributed by atoms with Gasteiger partial charge in [0.05, 0.1) is 24.4 Å². The Morgan fingerprint density at radius 3 is 2.65 bits per heavy atom. The second-order valence-electron chi connectivity index (χ2n) is 10.1. The summed E-state index contributed by atoms with van der Waals surface area (Å²) in [5, 5.41) is 14.2. The third-order valence-electron chi connectivity index (χ3n) is 7.46. The van der Waals surface area contributed by atoms with E-state index in [0.717, 1.165) is 85.8 Å². The van der Waals surface area contributed by atoms with E-state index in [4.69, 9.17) is 15.5 Å². The number of nitriles is 1. The molecule has 1 fully saturated rings. The average Bonchev–Trinajstić information content (AvgIpc) is 3.67. The fourth-order valence-corrected chi connectivity index (χ4v) is 5.27. The van der Waals surface area contributed by atoms with Gasteiger partial charge in [0.25, 0.3) is 0 Å². The molecule has 2 aliphatic heterocycles. The predicted octanol–water partition coefficient (Wildman–Crippen LogP) is 3.53. The number of nitrogens with zero attached hydrogens (tertiary/aromatic N) is 8. The molecule has 6 rings (SSSR count). The maximum absolute atomic E-state index is 9.73. The molecule has 4 aromatic rings. The summed E-state index contributed by atoms with van der Waals surface area (Å²) in [6, 6.07) is 12.4. The molecule has 0 aliphatic carbocycles. The lowest BCUT2D eigenvalue weighted by atomic mass is 10.0. The number of anilines is 1. The lowest BCUT2D eigenvalue weighted by Crippen LogP contribution is -2.46. The highest BCUT2D eigenvalue weighted by atomic mass is 16.5. The van der Waals surface area contributed by atoms with E-state index >= 15 is 0 Å². The highest BCUT2D eigenvalue weighted by molar-refractivity contribution is 6.01. The van der Waals surface area contributed by atoms with Crippen molar-refractivity contribution in [2.75, 3.05) is 44.7 Å². The molecule has 0 amide bonds. The first-order chi connectivity index (χ1) is 19.6. The molecular formula is C30H31N9O. The minimum absolute atomic E-state index is 0.511. The fraction of sp³-hybridized carbons (Fsp3) is 0.300. The Hall–Kier alpha value is -4.75. The van der Waals surface area contributed by atoms with Crippen molar-refractivity contribution in [2.45, 2.75) is 19.4 Å². The standard InChI is InChI=1S/C30H31N9O/c1-40-29-7-4-21(16-35-29)19-37-9-11-38(12-10-37)28-6-5-22(17-34-28)26-13-23(27(32)14-25-3-2-8-33-25)20-39-30(26)24(15-31)18-36-39/h4-7,13-14,16-18,20H,2-3,8-12,19,32H2,1H3. The number of methoxy groups -OCH3 is 1. The highest BCUT2D eigenvalue weighted by Gasteiger charge is 2.20. The molecule has 2 aliphatic rings. The van der Waals surface area contributed by atoms with Gasteiger partial charge in [-0.2, -0.15) is 10.4 Å². The molecule has 6 heterocycles. The molecule has 0 saturated carbocycles. The first kappa shape index (κ1) is 25.5. The van der Waals surface area contributed by atoms with Crippen LogP contribution < -0.4 is 15.4 Å². The van der Waals surface area contributed by atoms with Crippen molar-refractivity contribution in [3.8, 4) is 23.1 Å². The second kappa shape index (κ2) is 11.2. The largest absolute Gasteiger partial charge is 0.481 e. The lowest BCUT2D eigenvalue weighted by molar-refractivity contribution is 0.249. The van der Waals surface area contributed by atoms with E-state index in [1.165, 1.54) is 5.56 Å². The van der Waals surface area contributed by atoms with Crippen LogP contribution in [-0.2, 0) is 6.54 Å². The van der Waals surface area contributed by atoms with Gasteiger partial charge < -0.3 is 15.4 Å². The van der Waals surface area contributed by atoms with Gasteiger partial charge in [-0.3, -0.25) is 9.89 Å². The van der Waals surface area contributed by atoms with E-state index in [9.17, 15) is 5.26 Å². The first-order valence-corrected chi connectivity index (χ1v) is 13.5. The maximum atomic E-state index is 9.73. The van der Waals surface area contributed by atoms with E-state index in [1.807, 2.05) is 36.8 Å². The molecule has 10 nitrogen and oxygen atoms in total. The minimum Gasteiger partial charge on any atom is -0.481 e. The van der Waals surface area contributed by atoms with Crippen molar-refractivity contribution >= 4 is 22.7 Å². The summed E-state index contributed by atoms with van der Waals surface area (Å²) in [5.74, 6) is 1.57. The van der Waals surface area contributed by atoms with Crippen molar-refractivity contribution < 1.29 is 4.74 Å². The van der Waals surface area contributed by atoms with Crippen LogP contribution in [0.15, 0.2) is 66.2 Å². The van der Waals surface area contributed by atoms with Crippen molar-refractivity contribution in [1.82, 2.24) is 24.5 Å². The number of aromatic nitrogens is 4. The van der Waals surface area contributed by atoms with Crippen molar-refractivity contribution in [3.05, 3.63) is 77.9 Å². The van der Waals surface area contributed by atoms with Gasteiger partial charge in [0.15, 0.2) is 0 Å². The molecule has 40 heavy (non-hydrogen) atoms. The van der Waals surface area contributed by atoms with Crippen molar-refractivity contribution in [1.29, 1.82) is 5.26 Å². The molecule has 0 unspecified atom stereocenters. The zero-order valence-corrected chi connectivity index (χ0v) is 22.5. The van der Waals surface area contributed by atoms with Gasteiger partial charge in [-0.15, -0.1) is 0 Å². The number of allylic oxidation sites excluding steroid dienone is 1. The van der Waals surface area contributed by atoms with Gasteiger partial charge in [0.2, 0.25) is 5.88 Å². The van der Waals surface area contributed by atoms with Gasteiger partial charge in [0.1, 0.15) is 11.9 Å². The number of ether oxygens (including phenoxy) is 1. The second-order valence-corrected chi connectivity index (χ2v) is 10.1. The SMILES string of the molecule is COc1ccc(CN2CCN(c3ccc(-c4cc(C(N)=CC5=NCCC5)cn5ncc(C#N)c45)cn3)CC2)cn1. The average molecular weight is 534 g/mol. The van der Waals surface area contributed by atoms with Crippen LogP contribution in [0.3, 0.4) is 0 Å². The summed E-state index contributed by atoms with van der Waals surface area (Å²) in [6.07, 6.45) is 11.1. The van der Waals surface area contributed by atoms with Crippen LogP contribution >= 0.6 is 0 Å². The summed E-state index contributed by atoms with van der Waals surface area (Å²) >= 11 is 0. The lowest BCUT2D eigenvalue weighted by Gasteiger charge is -2.35. The Balaban J connectivity index is 1.20. The Bertz CT molecular complexity index is 1610. The third-order valence-corrected chi connectivity index (χ3v) is 7.46. The maximum Gasteiger partial charge on any atom is 0.212 e. The molecule has 202 valence electrons. The fourth-order valence-electron chi connectivity index (χ4n) is 5.27. The van der Waals surface area contributed by atoms with E-state index < -0.39 is 0 Å². The van der Waals surface area contributed by atoms with Gasteiger partial charge in [-0.25, -0.2) is 14.5 Å². The molecule has 2 N–H and O–H groups in total. The number of aliphatic imine (C=N–C) groups is 1. The topological polar surface area (TPSA) is 121 Å². The van der Waals surface area contributed by atoms with Gasteiger partial charge >= 0.3 is 0 Å². The van der Waals surface area contributed by atoms with Crippen LogP contribution in [0.4, 0.5) is 5.82 Å². The molecule has 0 aromatic carbocycles. The van der Waals surface area contributed by atoms with E-state index in [1.54, 1.807) is 17.8 Å². The molecule has 1 saturated heterocycles. The zero-order chi connectivity index (χ0) is 27.5. The molecule has 0 bridgehead atoms. The molecule has 0 atom stereocenters. The Morgan fingerprint density at radius 2 is 1.98 bits per heavy atom. The normalized spacial score (nSPS) is 16.2. The Labute approximate surface area is 233 Å². The Kier molecular flexibility index (Phi) is 7.12. The summed E-state index contributed by atoms with van der Waals surface area (Å²) in [4.78, 5) is 18.4. The minimum atomic E-state index is 0.511. The highest BCUT2D eigenvalue weighted by Crippen LogP contribution is 2.30. The first-order valence-electron chi connectivity index (χ1n) is 13.5. The van der Waals surface area contributed by atoms with Gasteiger partial charge in [-0.1, -0.05) is 6.07 Å². The van der Waals surface area contributed by atoms with Crippen LogP contribution in [0.25, 0.3) is 22.3 Å². The quantitative estimate of drug-likeness (QED) is 0.383. The van der Waals surface area contributed by atoms with Crippen LogP contribution in [0, 0.1) is 11.3 Å². The number of hydrogen-bond donors (Lipinski definition) is 1. The summed E-state index contributed by atoms with van der Waals surface area (Å²) < 4.78 is 6.89. The van der Waals surface area contributed by atoms with E-state index in [0.29, 0.717) is 17.1 Å². The predicted molar refractivity (Wildman–Crippen MR) is 155 cm³/mol. The van der Waals surface area contributed by atoms with Crippen LogP contribution in [0.1, 0.15) is 29.5 Å². The molecular weight excluding hydrogens is 502 g/mol. The number of rotatable bonds is 7. The molecule has 0 radical (unpaired) electrons. The summed E-state index contributed by atoms with van der Waals surface area (Å²) in [5.41, 5.74) is 13.2. The van der Waals surface area contributed by atoms with Gasteiger partial charge in [-0.05, 0) is 42.7 Å². The third kappa shape index (κ3) is 5.24. The molecule has 4 aromatic heterocycles. The summed E-state index contributed by atoms with van der Waals surface area (Å²) in [6.45, 7) is 5.37. The van der Waals surface area contributed by atoms with Gasteiger partial charge in [0, 0.05) is 92.0 Å². The smallest absolute Gasteiger partial charge is 0.212 e. The molecule has 0 spiro atoms. The monoisotopic (exact) mass is 533 g/mol. The van der Waals surface area contributed by atoms with Crippen molar-refractivity contribution in [3.63, 3.8) is 0 Å². The Morgan fingerprint density at radius 1 is 1.10 bits per heavy atom. The number of nitrogens with two attached hydrogens (primary N) is 1. The van der Waals surface area contributed by atoms with Crippen LogP contribution in [0.5, 0.6) is 5.88 Å². The molecule has 10 heteroatoms. The number of piperazine rings is 1. The number of hydrogen-bond acceptors (Lipinski definition) is 9. The summed E-state index contributed by atoms with van der Waals surface area (Å²) in [7, 11) is 1.63. The van der Waals surface area contributed by atoms with Crippen LogP contribution in [-0.4, -0.2) is 70.0 Å². The van der Waals surface area contributed by atoms with Crippen LogP contribution in [0.2, 0.25) is 0 Å². The van der Waals surface area contributed by atoms with E-state index in [2.05, 4.69) is 49.1 Å². The zero-order valence-electron chi connectivity index (χ0n) is 22.5. The van der Waals surface area contributed by atoms with E-state index in [-0.39, 0.29) is 0 Å². The van der Waals surface area contributed by atoms with Crippen molar-refractivity contribution in [2.24, 2.45) is 10.7 Å². The number of fused-ring (bicyclic) bond motifs is 1. The number of pyridine rings is 3.